The molecule has 3 rings (SSSR count). The first-order valence-corrected chi connectivity index (χ1v) is 11.5. The summed E-state index contributed by atoms with van der Waals surface area (Å²) in [6.07, 6.45) is 0. The molecular weight excluding hydrogens is 482 g/mol. The molecule has 1 aliphatic heterocycles. The van der Waals surface area contributed by atoms with Crippen molar-refractivity contribution in [1.29, 1.82) is 0 Å². The molecule has 2 aromatic rings. The molecule has 31 heavy (non-hydrogen) atoms. The van der Waals surface area contributed by atoms with Crippen LogP contribution in [0.3, 0.4) is 0 Å². The van der Waals surface area contributed by atoms with Crippen LogP contribution >= 0.6 is 27.5 Å². The molecule has 6 nitrogen and oxygen atoms in total. The topological polar surface area (TPSA) is 61.9 Å². The molecule has 0 saturated carbocycles. The number of anilines is 2. The summed E-state index contributed by atoms with van der Waals surface area (Å²) in [6.45, 7) is 8.84. The molecule has 0 unspecified atom stereocenters. The van der Waals surface area contributed by atoms with Crippen molar-refractivity contribution in [2.75, 3.05) is 43.0 Å². The molecule has 0 spiro atoms. The number of benzene rings is 2. The van der Waals surface area contributed by atoms with Crippen molar-refractivity contribution >= 4 is 50.7 Å². The number of halogens is 2. The van der Waals surface area contributed by atoms with Gasteiger partial charge in [-0.05, 0) is 53.2 Å². The Morgan fingerprint density at radius 3 is 2.48 bits per heavy atom. The predicted octanol–water partition coefficient (Wildman–Crippen LogP) is 5.06. The first-order chi connectivity index (χ1) is 14.8. The molecule has 1 heterocycles. The number of ether oxygens (including phenoxy) is 1. The normalized spacial score (nSPS) is 14.0. The third-order valence-corrected chi connectivity index (χ3v) is 6.06. The second kappa shape index (κ2) is 10.4. The quantitative estimate of drug-likeness (QED) is 0.593. The van der Waals surface area contributed by atoms with Gasteiger partial charge in [-0.15, -0.1) is 0 Å². The summed E-state index contributed by atoms with van der Waals surface area (Å²) in [7, 11) is 0. The number of para-hydroxylation sites is 1. The molecule has 1 fully saturated rings. The minimum atomic E-state index is -0.235. The Balaban J connectivity index is 1.77. The molecule has 0 aliphatic carbocycles. The average Bonchev–Trinajstić information content (AvgIpc) is 2.75. The first kappa shape index (κ1) is 23.4. The van der Waals surface area contributed by atoms with Crippen LogP contribution < -0.4 is 15.0 Å². The van der Waals surface area contributed by atoms with Crippen LogP contribution in [0.15, 0.2) is 40.9 Å². The molecule has 0 radical (unpaired) electrons. The Morgan fingerprint density at radius 2 is 1.87 bits per heavy atom. The summed E-state index contributed by atoms with van der Waals surface area (Å²) in [5.74, 6) is 0.598. The highest BCUT2D eigenvalue weighted by Gasteiger charge is 2.25. The van der Waals surface area contributed by atoms with Crippen molar-refractivity contribution in [2.45, 2.75) is 20.8 Å². The molecule has 1 saturated heterocycles. The Morgan fingerprint density at radius 1 is 1.16 bits per heavy atom. The van der Waals surface area contributed by atoms with Crippen LogP contribution in [0.2, 0.25) is 5.02 Å². The maximum absolute atomic E-state index is 12.9. The Hall–Kier alpha value is -2.25. The minimum Gasteiger partial charge on any atom is -0.493 e. The fourth-order valence-electron chi connectivity index (χ4n) is 3.56. The lowest BCUT2D eigenvalue weighted by Gasteiger charge is -2.38. The van der Waals surface area contributed by atoms with Crippen LogP contribution in [0.1, 0.15) is 31.1 Å². The van der Waals surface area contributed by atoms with Gasteiger partial charge < -0.3 is 19.9 Å². The monoisotopic (exact) mass is 507 g/mol. The Kier molecular flexibility index (Phi) is 7.84. The number of hydrogen-bond donors (Lipinski definition) is 1. The molecule has 0 aromatic heterocycles. The zero-order valence-electron chi connectivity index (χ0n) is 18.0. The van der Waals surface area contributed by atoms with Gasteiger partial charge in [0.1, 0.15) is 5.75 Å². The van der Waals surface area contributed by atoms with Crippen LogP contribution in [-0.2, 0) is 4.79 Å². The van der Waals surface area contributed by atoms with Crippen LogP contribution in [-0.4, -0.2) is 49.5 Å². The van der Waals surface area contributed by atoms with Gasteiger partial charge in [-0.1, -0.05) is 31.5 Å². The van der Waals surface area contributed by atoms with E-state index in [2.05, 4.69) is 26.1 Å². The van der Waals surface area contributed by atoms with Gasteiger partial charge in [0.25, 0.3) is 5.91 Å². The van der Waals surface area contributed by atoms with Gasteiger partial charge in [-0.3, -0.25) is 9.59 Å². The van der Waals surface area contributed by atoms with Crippen LogP contribution in [0.25, 0.3) is 0 Å². The average molecular weight is 509 g/mol. The molecule has 0 bridgehead atoms. The molecule has 2 amide bonds. The van der Waals surface area contributed by atoms with E-state index >= 15 is 0 Å². The van der Waals surface area contributed by atoms with E-state index in [1.807, 2.05) is 43.9 Å². The fourth-order valence-corrected chi connectivity index (χ4v) is 4.35. The maximum Gasteiger partial charge on any atom is 0.255 e. The fraction of sp³-hybridized carbons (Fsp3) is 0.391. The SMILES string of the molecule is CCOc1ccc(C(=O)Nc2cccc(Cl)c2N2CCN(C(=O)C(C)C)CC2)cc1Br. The van der Waals surface area contributed by atoms with E-state index in [-0.39, 0.29) is 17.7 Å². The lowest BCUT2D eigenvalue weighted by Crippen LogP contribution is -2.50. The smallest absolute Gasteiger partial charge is 0.255 e. The lowest BCUT2D eigenvalue weighted by molar-refractivity contribution is -0.134. The Bertz CT molecular complexity index is 959. The van der Waals surface area contributed by atoms with Crippen LogP contribution in [0.4, 0.5) is 11.4 Å². The van der Waals surface area contributed by atoms with Gasteiger partial charge in [-0.2, -0.15) is 0 Å². The summed E-state index contributed by atoms with van der Waals surface area (Å²) in [5, 5.41) is 3.55. The number of carbonyl (C=O) groups excluding carboxylic acids is 2. The summed E-state index contributed by atoms with van der Waals surface area (Å²) in [4.78, 5) is 29.2. The molecule has 1 N–H and O–H groups in total. The van der Waals surface area contributed by atoms with E-state index < -0.39 is 0 Å². The van der Waals surface area contributed by atoms with E-state index in [1.165, 1.54) is 0 Å². The first-order valence-electron chi connectivity index (χ1n) is 10.4. The van der Waals surface area contributed by atoms with E-state index in [0.717, 1.165) is 10.2 Å². The van der Waals surface area contributed by atoms with E-state index in [0.29, 0.717) is 54.8 Å². The Labute approximate surface area is 196 Å². The summed E-state index contributed by atoms with van der Waals surface area (Å²) in [6, 6.07) is 10.7. The third kappa shape index (κ3) is 5.52. The highest BCUT2D eigenvalue weighted by molar-refractivity contribution is 9.10. The second-order valence-electron chi connectivity index (χ2n) is 7.64. The molecule has 0 atom stereocenters. The molecule has 8 heteroatoms. The van der Waals surface area contributed by atoms with Gasteiger partial charge in [0.2, 0.25) is 5.91 Å². The highest BCUT2D eigenvalue weighted by Crippen LogP contribution is 2.35. The number of amides is 2. The number of piperazine rings is 1. The largest absolute Gasteiger partial charge is 0.493 e. The number of nitrogens with one attached hydrogen (secondary N) is 1. The predicted molar refractivity (Wildman–Crippen MR) is 128 cm³/mol. The molecular formula is C23H27BrClN3O3. The highest BCUT2D eigenvalue weighted by atomic mass is 79.9. The van der Waals surface area contributed by atoms with Crippen molar-refractivity contribution in [3.8, 4) is 5.75 Å². The second-order valence-corrected chi connectivity index (χ2v) is 8.90. The number of nitrogens with zero attached hydrogens (tertiary/aromatic N) is 2. The minimum absolute atomic E-state index is 0.0184. The number of hydrogen-bond acceptors (Lipinski definition) is 4. The van der Waals surface area contributed by atoms with E-state index in [1.54, 1.807) is 18.2 Å². The molecule has 2 aromatic carbocycles. The van der Waals surface area contributed by atoms with Gasteiger partial charge in [-0.25, -0.2) is 0 Å². The zero-order chi connectivity index (χ0) is 22.5. The summed E-state index contributed by atoms with van der Waals surface area (Å²) in [5.41, 5.74) is 1.93. The maximum atomic E-state index is 12.9. The lowest BCUT2D eigenvalue weighted by atomic mass is 10.1. The van der Waals surface area contributed by atoms with Crippen molar-refractivity contribution in [1.82, 2.24) is 4.90 Å². The summed E-state index contributed by atoms with van der Waals surface area (Å²) >= 11 is 9.98. The van der Waals surface area contributed by atoms with E-state index in [4.69, 9.17) is 16.3 Å². The van der Waals surface area contributed by atoms with Gasteiger partial charge in [0.15, 0.2) is 0 Å². The number of carbonyl (C=O) groups is 2. The standard InChI is InChI=1S/C23H27BrClN3O3/c1-4-31-20-9-8-16(14-17(20)24)22(29)26-19-7-5-6-18(25)21(19)27-10-12-28(13-11-27)23(30)15(2)3/h5-9,14-15H,4,10-13H2,1-3H3,(H,26,29). The van der Waals surface area contributed by atoms with Crippen molar-refractivity contribution in [3.63, 3.8) is 0 Å². The third-order valence-electron chi connectivity index (χ3n) is 5.13. The van der Waals surface area contributed by atoms with Crippen molar-refractivity contribution in [3.05, 3.63) is 51.5 Å². The molecule has 166 valence electrons. The summed E-state index contributed by atoms with van der Waals surface area (Å²) < 4.78 is 6.23. The zero-order valence-corrected chi connectivity index (χ0v) is 20.3. The van der Waals surface area contributed by atoms with Crippen molar-refractivity contribution in [2.24, 2.45) is 5.92 Å². The van der Waals surface area contributed by atoms with Gasteiger partial charge >= 0.3 is 0 Å². The van der Waals surface area contributed by atoms with Gasteiger partial charge in [0.05, 0.1) is 27.5 Å². The number of rotatable bonds is 6. The van der Waals surface area contributed by atoms with Crippen LogP contribution in [0.5, 0.6) is 5.75 Å². The van der Waals surface area contributed by atoms with Crippen LogP contribution in [0, 0.1) is 5.92 Å². The van der Waals surface area contributed by atoms with E-state index in [9.17, 15) is 9.59 Å². The molecule has 1 aliphatic rings. The van der Waals surface area contributed by atoms with Crippen molar-refractivity contribution < 1.29 is 14.3 Å². The van der Waals surface area contributed by atoms with Gasteiger partial charge in [0, 0.05) is 37.7 Å².